The summed E-state index contributed by atoms with van der Waals surface area (Å²) in [6.07, 6.45) is -0.205. The minimum Gasteiger partial charge on any atom is -0.466 e. The SMILES string of the molecule is CCOC(=O)Cc1c(N)nc(-c2cccc(C)n2)[nH]c1=O. The smallest absolute Gasteiger partial charge is 0.310 e. The minimum atomic E-state index is -0.516. The van der Waals surface area contributed by atoms with Crippen molar-refractivity contribution in [3.63, 3.8) is 0 Å². The van der Waals surface area contributed by atoms with Crippen molar-refractivity contribution in [3.05, 3.63) is 39.8 Å². The number of H-pyrrole nitrogens is 1. The van der Waals surface area contributed by atoms with E-state index in [4.69, 9.17) is 10.5 Å². The fraction of sp³-hybridized carbons (Fsp3) is 0.286. The van der Waals surface area contributed by atoms with Crippen LogP contribution in [0.5, 0.6) is 0 Å². The quantitative estimate of drug-likeness (QED) is 0.806. The van der Waals surface area contributed by atoms with Crippen LogP contribution in [0.1, 0.15) is 18.2 Å². The molecule has 0 bridgehead atoms. The zero-order chi connectivity index (χ0) is 15.4. The van der Waals surface area contributed by atoms with E-state index in [9.17, 15) is 9.59 Å². The number of aryl methyl sites for hydroxylation is 1. The zero-order valence-corrected chi connectivity index (χ0v) is 11.8. The van der Waals surface area contributed by atoms with Crippen LogP contribution in [-0.4, -0.2) is 27.5 Å². The van der Waals surface area contributed by atoms with E-state index in [2.05, 4.69) is 15.0 Å². The van der Waals surface area contributed by atoms with E-state index >= 15 is 0 Å². The van der Waals surface area contributed by atoms with Crippen LogP contribution in [-0.2, 0) is 16.0 Å². The summed E-state index contributed by atoms with van der Waals surface area (Å²) < 4.78 is 4.80. The molecule has 0 saturated carbocycles. The van der Waals surface area contributed by atoms with Crippen molar-refractivity contribution < 1.29 is 9.53 Å². The number of pyridine rings is 1. The molecule has 2 heterocycles. The second-order valence-corrected chi connectivity index (χ2v) is 4.42. The van der Waals surface area contributed by atoms with Crippen molar-refractivity contribution in [2.45, 2.75) is 20.3 Å². The lowest BCUT2D eigenvalue weighted by Gasteiger charge is -2.07. The number of nitrogens with one attached hydrogen (secondary N) is 1. The summed E-state index contributed by atoms with van der Waals surface area (Å²) in [5.41, 5.74) is 6.72. The molecule has 7 nitrogen and oxygen atoms in total. The van der Waals surface area contributed by atoms with Crippen LogP contribution < -0.4 is 11.3 Å². The van der Waals surface area contributed by atoms with Crippen LogP contribution in [0, 0.1) is 6.92 Å². The van der Waals surface area contributed by atoms with Crippen molar-refractivity contribution in [3.8, 4) is 11.5 Å². The molecule has 110 valence electrons. The number of carbonyl (C=O) groups excluding carboxylic acids is 1. The van der Waals surface area contributed by atoms with Gasteiger partial charge in [0.1, 0.15) is 11.5 Å². The van der Waals surface area contributed by atoms with Crippen LogP contribution in [0.4, 0.5) is 5.82 Å². The first kappa shape index (κ1) is 14.7. The van der Waals surface area contributed by atoms with Crippen molar-refractivity contribution in [2.24, 2.45) is 0 Å². The first-order valence-electron chi connectivity index (χ1n) is 6.49. The molecule has 0 aliphatic carbocycles. The lowest BCUT2D eigenvalue weighted by molar-refractivity contribution is -0.142. The van der Waals surface area contributed by atoms with Crippen molar-refractivity contribution in [1.82, 2.24) is 15.0 Å². The van der Waals surface area contributed by atoms with Crippen LogP contribution in [0.25, 0.3) is 11.5 Å². The topological polar surface area (TPSA) is 111 Å². The Balaban J connectivity index is 2.37. The van der Waals surface area contributed by atoms with Gasteiger partial charge in [-0.1, -0.05) is 6.07 Å². The molecule has 0 saturated heterocycles. The number of ether oxygens (including phenoxy) is 1. The molecule has 3 N–H and O–H groups in total. The highest BCUT2D eigenvalue weighted by molar-refractivity contribution is 5.74. The number of carbonyl (C=O) groups is 1. The maximum absolute atomic E-state index is 12.0. The third-order valence-corrected chi connectivity index (χ3v) is 2.80. The third kappa shape index (κ3) is 3.44. The monoisotopic (exact) mass is 288 g/mol. The lowest BCUT2D eigenvalue weighted by atomic mass is 10.2. The van der Waals surface area contributed by atoms with Gasteiger partial charge in [-0.15, -0.1) is 0 Å². The highest BCUT2D eigenvalue weighted by Crippen LogP contribution is 2.14. The van der Waals surface area contributed by atoms with E-state index < -0.39 is 11.5 Å². The largest absolute Gasteiger partial charge is 0.466 e. The minimum absolute atomic E-state index is 0.00473. The summed E-state index contributed by atoms with van der Waals surface area (Å²) in [7, 11) is 0. The molecule has 0 atom stereocenters. The summed E-state index contributed by atoms with van der Waals surface area (Å²) in [5, 5.41) is 0. The standard InChI is InChI=1S/C14H16N4O3/c1-3-21-11(19)7-9-12(15)17-13(18-14(9)20)10-6-4-5-8(2)16-10/h4-6H,3,7H2,1-2H3,(H3,15,17,18,20). The highest BCUT2D eigenvalue weighted by atomic mass is 16.5. The number of aromatic nitrogens is 3. The normalized spacial score (nSPS) is 10.4. The molecule has 0 radical (unpaired) electrons. The van der Waals surface area contributed by atoms with Gasteiger partial charge in [0.2, 0.25) is 0 Å². The van der Waals surface area contributed by atoms with Gasteiger partial charge in [-0.25, -0.2) is 9.97 Å². The third-order valence-electron chi connectivity index (χ3n) is 2.80. The number of nitrogens with zero attached hydrogens (tertiary/aromatic N) is 2. The molecule has 21 heavy (non-hydrogen) atoms. The predicted molar refractivity (Wildman–Crippen MR) is 77.6 cm³/mol. The number of aromatic amines is 1. The Hall–Kier alpha value is -2.70. The predicted octanol–water partition coefficient (Wildman–Crippen LogP) is 0.828. The van der Waals surface area contributed by atoms with Gasteiger partial charge in [-0.2, -0.15) is 0 Å². The van der Waals surface area contributed by atoms with Gasteiger partial charge in [-0.05, 0) is 26.0 Å². The van der Waals surface area contributed by atoms with Gasteiger partial charge < -0.3 is 15.5 Å². The van der Waals surface area contributed by atoms with Crippen molar-refractivity contribution in [2.75, 3.05) is 12.3 Å². The molecule has 0 aromatic carbocycles. The van der Waals surface area contributed by atoms with E-state index in [1.54, 1.807) is 19.1 Å². The van der Waals surface area contributed by atoms with Crippen LogP contribution in [0.2, 0.25) is 0 Å². The number of rotatable bonds is 4. The number of esters is 1. The Morgan fingerprint density at radius 3 is 2.76 bits per heavy atom. The van der Waals surface area contributed by atoms with Crippen LogP contribution >= 0.6 is 0 Å². The van der Waals surface area contributed by atoms with Crippen LogP contribution in [0.15, 0.2) is 23.0 Å². The average molecular weight is 288 g/mol. The molecular formula is C14H16N4O3. The van der Waals surface area contributed by atoms with Gasteiger partial charge in [-0.3, -0.25) is 9.59 Å². The molecule has 0 spiro atoms. The first-order valence-corrected chi connectivity index (χ1v) is 6.49. The maximum Gasteiger partial charge on any atom is 0.310 e. The Morgan fingerprint density at radius 1 is 1.38 bits per heavy atom. The summed E-state index contributed by atoms with van der Waals surface area (Å²) in [5.74, 6) is -0.239. The Kier molecular flexibility index (Phi) is 4.32. The zero-order valence-electron chi connectivity index (χ0n) is 11.8. The summed E-state index contributed by atoms with van der Waals surface area (Å²) in [6.45, 7) is 3.77. The van der Waals surface area contributed by atoms with E-state index in [0.717, 1.165) is 5.69 Å². The molecule has 2 rings (SSSR count). The number of hydrogen-bond acceptors (Lipinski definition) is 6. The molecular weight excluding hydrogens is 272 g/mol. The van der Waals surface area contributed by atoms with Crippen molar-refractivity contribution in [1.29, 1.82) is 0 Å². The second-order valence-electron chi connectivity index (χ2n) is 4.42. The Labute approximate surface area is 121 Å². The van der Waals surface area contributed by atoms with E-state index in [0.29, 0.717) is 5.69 Å². The Bertz CT molecular complexity index is 724. The first-order chi connectivity index (χ1) is 10.0. The lowest BCUT2D eigenvalue weighted by Crippen LogP contribution is -2.22. The molecule has 2 aromatic heterocycles. The second kappa shape index (κ2) is 6.17. The fourth-order valence-corrected chi connectivity index (χ4v) is 1.84. The van der Waals surface area contributed by atoms with E-state index in [1.807, 2.05) is 13.0 Å². The number of anilines is 1. The molecule has 7 heteroatoms. The Morgan fingerprint density at radius 2 is 2.14 bits per heavy atom. The van der Waals surface area contributed by atoms with Crippen LogP contribution in [0.3, 0.4) is 0 Å². The molecule has 0 aliphatic heterocycles. The number of hydrogen-bond donors (Lipinski definition) is 2. The molecule has 0 fully saturated rings. The van der Waals surface area contributed by atoms with Gasteiger partial charge in [0.05, 0.1) is 18.6 Å². The van der Waals surface area contributed by atoms with Gasteiger partial charge in [0.15, 0.2) is 5.82 Å². The maximum atomic E-state index is 12.0. The summed E-state index contributed by atoms with van der Waals surface area (Å²) >= 11 is 0. The van der Waals surface area contributed by atoms with E-state index in [1.165, 1.54) is 0 Å². The molecule has 0 unspecified atom stereocenters. The molecule has 0 aliphatic rings. The number of nitrogen functional groups attached to an aromatic ring is 1. The fourth-order valence-electron chi connectivity index (χ4n) is 1.84. The van der Waals surface area contributed by atoms with Gasteiger partial charge in [0, 0.05) is 5.69 Å². The molecule has 0 amide bonds. The van der Waals surface area contributed by atoms with E-state index in [-0.39, 0.29) is 30.2 Å². The number of nitrogens with two attached hydrogens (primary N) is 1. The highest BCUT2D eigenvalue weighted by Gasteiger charge is 2.15. The average Bonchev–Trinajstić information content (AvgIpc) is 2.43. The molecule has 2 aromatic rings. The van der Waals surface area contributed by atoms with Gasteiger partial charge in [0.25, 0.3) is 5.56 Å². The van der Waals surface area contributed by atoms with Gasteiger partial charge >= 0.3 is 5.97 Å². The summed E-state index contributed by atoms with van der Waals surface area (Å²) in [4.78, 5) is 34.5. The van der Waals surface area contributed by atoms with Crippen molar-refractivity contribution >= 4 is 11.8 Å². The summed E-state index contributed by atoms with van der Waals surface area (Å²) in [6, 6.07) is 5.36.